The zero-order valence-electron chi connectivity index (χ0n) is 12.4. The second-order valence-corrected chi connectivity index (χ2v) is 5.73. The van der Waals surface area contributed by atoms with Gasteiger partial charge in [0.2, 0.25) is 0 Å². The lowest BCUT2D eigenvalue weighted by Crippen LogP contribution is -2.36. The van der Waals surface area contributed by atoms with Crippen molar-refractivity contribution in [3.05, 3.63) is 65.5 Å². The van der Waals surface area contributed by atoms with Gasteiger partial charge in [0.25, 0.3) is 0 Å². The molecule has 23 heavy (non-hydrogen) atoms. The molecule has 2 aromatic carbocycles. The average Bonchev–Trinajstić information content (AvgIpc) is 2.54. The minimum absolute atomic E-state index is 0.0596. The highest BCUT2D eigenvalue weighted by molar-refractivity contribution is 5.98. The molecule has 2 nitrogen and oxygen atoms in total. The minimum Gasteiger partial charge on any atom is -0.371 e. The van der Waals surface area contributed by atoms with Crippen LogP contribution in [0.25, 0.3) is 0 Å². The van der Waals surface area contributed by atoms with E-state index in [9.17, 15) is 18.0 Å². The van der Waals surface area contributed by atoms with Crippen LogP contribution in [0.3, 0.4) is 0 Å². The highest BCUT2D eigenvalue weighted by atomic mass is 19.1. The van der Waals surface area contributed by atoms with Gasteiger partial charge in [-0.15, -0.1) is 0 Å². The Bertz CT molecular complexity index is 724. The number of carbonyl (C=O) groups excluding carboxylic acids is 1. The first-order chi connectivity index (χ1) is 11.0. The molecule has 1 fully saturated rings. The van der Waals surface area contributed by atoms with E-state index in [2.05, 4.69) is 0 Å². The molecule has 0 radical (unpaired) electrons. The summed E-state index contributed by atoms with van der Waals surface area (Å²) in [5, 5.41) is 0. The molecular weight excluding hydrogens is 303 g/mol. The maximum Gasteiger partial charge on any atom is 0.169 e. The van der Waals surface area contributed by atoms with Crippen LogP contribution in [0.4, 0.5) is 18.9 Å². The second-order valence-electron chi connectivity index (χ2n) is 5.73. The number of piperidine rings is 1. The molecule has 0 unspecified atom stereocenters. The Balaban J connectivity index is 1.68. The summed E-state index contributed by atoms with van der Waals surface area (Å²) in [6.07, 6.45) is 1.12. The van der Waals surface area contributed by atoms with E-state index in [0.29, 0.717) is 25.9 Å². The first-order valence-corrected chi connectivity index (χ1v) is 7.54. The largest absolute Gasteiger partial charge is 0.371 e. The molecule has 0 saturated carbocycles. The molecule has 2 aromatic rings. The SMILES string of the molecule is O=C(c1ccc(F)cc1F)C1CCN(c2cccc(F)c2)CC1. The fraction of sp³-hybridized carbons (Fsp3) is 0.278. The number of Topliss-reactive ketones (excluding diaryl/α,β-unsaturated/α-hetero) is 1. The van der Waals surface area contributed by atoms with Crippen LogP contribution in [-0.4, -0.2) is 18.9 Å². The van der Waals surface area contributed by atoms with E-state index < -0.39 is 11.6 Å². The van der Waals surface area contributed by atoms with E-state index in [4.69, 9.17) is 0 Å². The normalized spacial score (nSPS) is 15.7. The fourth-order valence-corrected chi connectivity index (χ4v) is 2.98. The van der Waals surface area contributed by atoms with Crippen molar-refractivity contribution in [2.45, 2.75) is 12.8 Å². The lowest BCUT2D eigenvalue weighted by molar-refractivity contribution is 0.0896. The number of rotatable bonds is 3. The van der Waals surface area contributed by atoms with Gasteiger partial charge in [-0.2, -0.15) is 0 Å². The Morgan fingerprint density at radius 1 is 0.957 bits per heavy atom. The summed E-state index contributed by atoms with van der Waals surface area (Å²) < 4.78 is 39.9. The molecule has 5 heteroatoms. The molecule has 0 spiro atoms. The molecule has 0 aliphatic carbocycles. The summed E-state index contributed by atoms with van der Waals surface area (Å²) in [7, 11) is 0. The minimum atomic E-state index is -0.817. The van der Waals surface area contributed by atoms with E-state index in [1.54, 1.807) is 6.07 Å². The van der Waals surface area contributed by atoms with E-state index in [1.165, 1.54) is 18.2 Å². The Labute approximate surface area is 132 Å². The third kappa shape index (κ3) is 3.38. The van der Waals surface area contributed by atoms with Crippen LogP contribution in [0, 0.1) is 23.4 Å². The van der Waals surface area contributed by atoms with E-state index in [1.807, 2.05) is 11.0 Å². The monoisotopic (exact) mass is 319 g/mol. The maximum absolute atomic E-state index is 13.7. The molecule has 0 atom stereocenters. The number of halogens is 3. The summed E-state index contributed by atoms with van der Waals surface area (Å²) in [5.41, 5.74) is 0.722. The van der Waals surface area contributed by atoms with Crippen molar-refractivity contribution in [2.75, 3.05) is 18.0 Å². The number of ketones is 1. The van der Waals surface area contributed by atoms with Crippen molar-refractivity contribution in [3.63, 3.8) is 0 Å². The number of nitrogens with zero attached hydrogens (tertiary/aromatic N) is 1. The van der Waals surface area contributed by atoms with Gasteiger partial charge in [-0.1, -0.05) is 6.07 Å². The van der Waals surface area contributed by atoms with Crippen molar-refractivity contribution in [1.82, 2.24) is 0 Å². The summed E-state index contributed by atoms with van der Waals surface area (Å²) >= 11 is 0. The lowest BCUT2D eigenvalue weighted by Gasteiger charge is -2.33. The quantitative estimate of drug-likeness (QED) is 0.790. The molecule has 1 saturated heterocycles. The van der Waals surface area contributed by atoms with Crippen molar-refractivity contribution >= 4 is 11.5 Å². The van der Waals surface area contributed by atoms with Crippen LogP contribution < -0.4 is 4.90 Å². The Kier molecular flexibility index (Phi) is 4.37. The van der Waals surface area contributed by atoms with Gasteiger partial charge in [-0.3, -0.25) is 4.79 Å². The summed E-state index contributed by atoms with van der Waals surface area (Å²) in [6, 6.07) is 9.35. The molecule has 0 amide bonds. The number of hydrogen-bond acceptors (Lipinski definition) is 2. The van der Waals surface area contributed by atoms with Gasteiger partial charge in [0, 0.05) is 30.8 Å². The first kappa shape index (κ1) is 15.6. The zero-order valence-corrected chi connectivity index (χ0v) is 12.4. The average molecular weight is 319 g/mol. The zero-order chi connectivity index (χ0) is 16.4. The van der Waals surface area contributed by atoms with Gasteiger partial charge in [-0.25, -0.2) is 13.2 Å². The number of hydrogen-bond donors (Lipinski definition) is 0. The Morgan fingerprint density at radius 3 is 2.30 bits per heavy atom. The number of carbonyl (C=O) groups is 1. The lowest BCUT2D eigenvalue weighted by atomic mass is 9.88. The summed E-state index contributed by atoms with van der Waals surface area (Å²) in [4.78, 5) is 14.4. The van der Waals surface area contributed by atoms with Crippen LogP contribution >= 0.6 is 0 Å². The highest BCUT2D eigenvalue weighted by Crippen LogP contribution is 2.27. The fourth-order valence-electron chi connectivity index (χ4n) is 2.98. The van der Waals surface area contributed by atoms with Gasteiger partial charge in [0.1, 0.15) is 17.5 Å². The van der Waals surface area contributed by atoms with Crippen LogP contribution in [0.15, 0.2) is 42.5 Å². The Morgan fingerprint density at radius 2 is 1.65 bits per heavy atom. The smallest absolute Gasteiger partial charge is 0.169 e. The molecule has 3 rings (SSSR count). The predicted octanol–water partition coefficient (Wildman–Crippen LogP) is 4.20. The topological polar surface area (TPSA) is 20.3 Å². The molecule has 1 aliphatic rings. The predicted molar refractivity (Wildman–Crippen MR) is 82.0 cm³/mol. The standard InChI is InChI=1S/C18H16F3NO/c19-13-2-1-3-15(10-13)22-8-6-12(7-9-22)18(23)16-5-4-14(20)11-17(16)21/h1-5,10-12H,6-9H2. The summed E-state index contributed by atoms with van der Waals surface area (Å²) in [5.74, 6) is -2.39. The molecule has 1 heterocycles. The first-order valence-electron chi connectivity index (χ1n) is 7.54. The van der Waals surface area contributed by atoms with Crippen molar-refractivity contribution in [3.8, 4) is 0 Å². The van der Waals surface area contributed by atoms with E-state index in [-0.39, 0.29) is 23.1 Å². The van der Waals surface area contributed by atoms with Crippen LogP contribution in [0.5, 0.6) is 0 Å². The summed E-state index contributed by atoms with van der Waals surface area (Å²) in [6.45, 7) is 1.20. The second kappa shape index (κ2) is 6.44. The van der Waals surface area contributed by atoms with Gasteiger partial charge in [-0.05, 0) is 43.2 Å². The third-order valence-electron chi connectivity index (χ3n) is 4.24. The third-order valence-corrected chi connectivity index (χ3v) is 4.24. The van der Waals surface area contributed by atoms with E-state index in [0.717, 1.165) is 17.8 Å². The van der Waals surface area contributed by atoms with Crippen LogP contribution in [-0.2, 0) is 0 Å². The van der Waals surface area contributed by atoms with Gasteiger partial charge < -0.3 is 4.90 Å². The molecule has 0 bridgehead atoms. The van der Waals surface area contributed by atoms with Gasteiger partial charge in [0.05, 0.1) is 5.56 Å². The van der Waals surface area contributed by atoms with Crippen LogP contribution in [0.1, 0.15) is 23.2 Å². The van der Waals surface area contributed by atoms with E-state index >= 15 is 0 Å². The Hall–Kier alpha value is -2.30. The van der Waals surface area contributed by atoms with Crippen molar-refractivity contribution < 1.29 is 18.0 Å². The van der Waals surface area contributed by atoms with Gasteiger partial charge in [0.15, 0.2) is 5.78 Å². The number of benzene rings is 2. The highest BCUT2D eigenvalue weighted by Gasteiger charge is 2.27. The molecule has 1 aliphatic heterocycles. The number of anilines is 1. The molecule has 120 valence electrons. The van der Waals surface area contributed by atoms with Crippen molar-refractivity contribution in [1.29, 1.82) is 0 Å². The molecule has 0 aromatic heterocycles. The van der Waals surface area contributed by atoms with Gasteiger partial charge >= 0.3 is 0 Å². The maximum atomic E-state index is 13.7. The van der Waals surface area contributed by atoms with Crippen LogP contribution in [0.2, 0.25) is 0 Å². The molecule has 0 N–H and O–H groups in total. The van der Waals surface area contributed by atoms with Crippen molar-refractivity contribution in [2.24, 2.45) is 5.92 Å². The molecular formula is C18H16F3NO.